The van der Waals surface area contributed by atoms with Crippen LogP contribution in [-0.4, -0.2) is 35.9 Å². The van der Waals surface area contributed by atoms with E-state index in [-0.39, 0.29) is 12.5 Å². The molecular weight excluding hydrogens is 316 g/mol. The third kappa shape index (κ3) is 3.99. The zero-order valence-corrected chi connectivity index (χ0v) is 14.1. The van der Waals surface area contributed by atoms with Gasteiger partial charge in [-0.05, 0) is 30.9 Å². The van der Waals surface area contributed by atoms with E-state index in [1.165, 1.54) is 0 Å². The molecule has 1 aliphatic heterocycles. The van der Waals surface area contributed by atoms with Crippen molar-refractivity contribution in [3.8, 4) is 16.9 Å². The summed E-state index contributed by atoms with van der Waals surface area (Å²) < 4.78 is 5.79. The largest absolute Gasteiger partial charge is 0.483 e. The molecule has 1 heterocycles. The third-order valence-electron chi connectivity index (χ3n) is 4.47. The van der Waals surface area contributed by atoms with Crippen LogP contribution in [0.5, 0.6) is 5.75 Å². The second-order valence-electron chi connectivity index (χ2n) is 6.15. The second kappa shape index (κ2) is 7.83. The average Bonchev–Trinajstić information content (AvgIpc) is 2.67. The van der Waals surface area contributed by atoms with Crippen molar-refractivity contribution >= 4 is 11.8 Å². The number of benzene rings is 2. The Morgan fingerprint density at radius 1 is 1.04 bits per heavy atom. The van der Waals surface area contributed by atoms with E-state index in [1.54, 1.807) is 4.90 Å². The smallest absolute Gasteiger partial charge is 0.261 e. The Bertz CT molecular complexity index is 746. The molecule has 2 amide bonds. The highest BCUT2D eigenvalue weighted by Crippen LogP contribution is 2.29. The van der Waals surface area contributed by atoms with Gasteiger partial charge >= 0.3 is 0 Å². The van der Waals surface area contributed by atoms with E-state index in [4.69, 9.17) is 10.5 Å². The number of carbonyl (C=O) groups is 2. The highest BCUT2D eigenvalue weighted by atomic mass is 16.5. The molecular formula is C20H22N2O3. The van der Waals surface area contributed by atoms with Gasteiger partial charge in [0.15, 0.2) is 6.61 Å². The molecule has 2 aromatic carbocycles. The van der Waals surface area contributed by atoms with Gasteiger partial charge in [0, 0.05) is 12.1 Å². The van der Waals surface area contributed by atoms with Crippen LogP contribution < -0.4 is 10.5 Å². The molecule has 3 rings (SSSR count). The summed E-state index contributed by atoms with van der Waals surface area (Å²) >= 11 is 0. The average molecular weight is 338 g/mol. The maximum absolute atomic E-state index is 12.5. The Kier molecular flexibility index (Phi) is 5.33. The van der Waals surface area contributed by atoms with Gasteiger partial charge in [0.1, 0.15) is 11.8 Å². The minimum absolute atomic E-state index is 0.104. The van der Waals surface area contributed by atoms with E-state index in [0.29, 0.717) is 18.7 Å². The molecule has 5 heteroatoms. The number of amides is 2. The van der Waals surface area contributed by atoms with Gasteiger partial charge < -0.3 is 15.4 Å². The van der Waals surface area contributed by atoms with Gasteiger partial charge in [-0.25, -0.2) is 0 Å². The molecule has 1 saturated heterocycles. The Labute approximate surface area is 147 Å². The van der Waals surface area contributed by atoms with Crippen LogP contribution in [0.2, 0.25) is 0 Å². The molecule has 0 aromatic heterocycles. The van der Waals surface area contributed by atoms with Gasteiger partial charge in [-0.3, -0.25) is 9.59 Å². The van der Waals surface area contributed by atoms with Crippen molar-refractivity contribution in [3.05, 3.63) is 54.6 Å². The molecule has 0 radical (unpaired) electrons. The van der Waals surface area contributed by atoms with Crippen molar-refractivity contribution in [2.45, 2.75) is 25.3 Å². The quantitative estimate of drug-likeness (QED) is 0.911. The fourth-order valence-corrected chi connectivity index (χ4v) is 3.20. The number of para-hydroxylation sites is 1. The zero-order chi connectivity index (χ0) is 17.6. The van der Waals surface area contributed by atoms with Gasteiger partial charge in [-0.15, -0.1) is 0 Å². The first-order valence-corrected chi connectivity index (χ1v) is 8.53. The topological polar surface area (TPSA) is 72.6 Å². The summed E-state index contributed by atoms with van der Waals surface area (Å²) in [4.78, 5) is 25.6. The molecule has 25 heavy (non-hydrogen) atoms. The van der Waals surface area contributed by atoms with E-state index in [0.717, 1.165) is 24.0 Å². The van der Waals surface area contributed by atoms with E-state index in [1.807, 2.05) is 54.6 Å². The number of rotatable bonds is 5. The van der Waals surface area contributed by atoms with E-state index in [2.05, 4.69) is 0 Å². The monoisotopic (exact) mass is 338 g/mol. The van der Waals surface area contributed by atoms with Gasteiger partial charge in [-0.2, -0.15) is 0 Å². The maximum atomic E-state index is 12.5. The molecule has 1 atom stereocenters. The lowest BCUT2D eigenvalue weighted by Gasteiger charge is -2.33. The van der Waals surface area contributed by atoms with Crippen molar-refractivity contribution in [2.24, 2.45) is 5.73 Å². The maximum Gasteiger partial charge on any atom is 0.261 e. The molecule has 2 aromatic rings. The number of hydrogen-bond donors (Lipinski definition) is 1. The Morgan fingerprint density at radius 3 is 2.52 bits per heavy atom. The molecule has 0 aliphatic carbocycles. The summed E-state index contributed by atoms with van der Waals surface area (Å²) in [6, 6.07) is 17.0. The number of nitrogens with zero attached hydrogens (tertiary/aromatic N) is 1. The molecule has 0 spiro atoms. The molecule has 1 aliphatic rings. The van der Waals surface area contributed by atoms with Crippen LogP contribution >= 0.6 is 0 Å². The summed E-state index contributed by atoms with van der Waals surface area (Å²) in [7, 11) is 0. The van der Waals surface area contributed by atoms with E-state index >= 15 is 0 Å². The predicted molar refractivity (Wildman–Crippen MR) is 95.9 cm³/mol. The lowest BCUT2D eigenvalue weighted by molar-refractivity contribution is -0.142. The Morgan fingerprint density at radius 2 is 1.76 bits per heavy atom. The Balaban J connectivity index is 1.71. The number of piperidine rings is 1. The van der Waals surface area contributed by atoms with Gasteiger partial charge in [0.05, 0.1) is 0 Å². The van der Waals surface area contributed by atoms with E-state index < -0.39 is 11.9 Å². The zero-order valence-electron chi connectivity index (χ0n) is 14.1. The summed E-state index contributed by atoms with van der Waals surface area (Å²) in [6.45, 7) is 0.448. The van der Waals surface area contributed by atoms with E-state index in [9.17, 15) is 9.59 Å². The molecule has 1 fully saturated rings. The van der Waals surface area contributed by atoms with Crippen molar-refractivity contribution in [1.82, 2.24) is 4.90 Å². The van der Waals surface area contributed by atoms with Crippen LogP contribution in [0.4, 0.5) is 0 Å². The standard InChI is InChI=1S/C20H22N2O3/c21-20(24)17-11-6-7-13-22(17)19(23)14-25-18-12-5-4-10-16(18)15-8-2-1-3-9-15/h1-5,8-10,12,17H,6-7,11,13-14H2,(H2,21,24). The highest BCUT2D eigenvalue weighted by Gasteiger charge is 2.30. The van der Waals surface area contributed by atoms with Crippen molar-refractivity contribution < 1.29 is 14.3 Å². The fourth-order valence-electron chi connectivity index (χ4n) is 3.20. The second-order valence-corrected chi connectivity index (χ2v) is 6.15. The molecule has 1 unspecified atom stereocenters. The lowest BCUT2D eigenvalue weighted by atomic mass is 10.0. The summed E-state index contributed by atoms with van der Waals surface area (Å²) in [5.74, 6) is -0.00113. The van der Waals surface area contributed by atoms with Crippen LogP contribution in [0, 0.1) is 0 Å². The van der Waals surface area contributed by atoms with Gasteiger partial charge in [-0.1, -0.05) is 48.5 Å². The number of nitrogens with two attached hydrogens (primary N) is 1. The van der Waals surface area contributed by atoms with Crippen molar-refractivity contribution in [3.63, 3.8) is 0 Å². The van der Waals surface area contributed by atoms with Crippen LogP contribution in [0.15, 0.2) is 54.6 Å². The normalized spacial score (nSPS) is 17.1. The number of hydrogen-bond acceptors (Lipinski definition) is 3. The summed E-state index contributed by atoms with van der Waals surface area (Å²) in [5.41, 5.74) is 7.39. The number of likely N-dealkylation sites (tertiary alicyclic amines) is 1. The number of primary amides is 1. The first-order valence-electron chi connectivity index (χ1n) is 8.53. The number of ether oxygens (including phenoxy) is 1. The molecule has 0 bridgehead atoms. The Hall–Kier alpha value is -2.82. The molecule has 0 saturated carbocycles. The van der Waals surface area contributed by atoms with Crippen LogP contribution in [0.1, 0.15) is 19.3 Å². The summed E-state index contributed by atoms with van der Waals surface area (Å²) in [6.07, 6.45) is 2.42. The fraction of sp³-hybridized carbons (Fsp3) is 0.300. The summed E-state index contributed by atoms with van der Waals surface area (Å²) in [5, 5.41) is 0. The van der Waals surface area contributed by atoms with Crippen LogP contribution in [-0.2, 0) is 9.59 Å². The third-order valence-corrected chi connectivity index (χ3v) is 4.47. The number of carbonyl (C=O) groups excluding carboxylic acids is 2. The first-order chi connectivity index (χ1) is 12.2. The van der Waals surface area contributed by atoms with Gasteiger partial charge in [0.2, 0.25) is 5.91 Å². The SMILES string of the molecule is NC(=O)C1CCCCN1C(=O)COc1ccccc1-c1ccccc1. The molecule has 130 valence electrons. The van der Waals surface area contributed by atoms with Gasteiger partial charge in [0.25, 0.3) is 5.91 Å². The molecule has 5 nitrogen and oxygen atoms in total. The van der Waals surface area contributed by atoms with Crippen molar-refractivity contribution in [2.75, 3.05) is 13.2 Å². The minimum atomic E-state index is -0.519. The lowest BCUT2D eigenvalue weighted by Crippen LogP contribution is -2.51. The molecule has 2 N–H and O–H groups in total. The minimum Gasteiger partial charge on any atom is -0.483 e. The van der Waals surface area contributed by atoms with Crippen molar-refractivity contribution in [1.29, 1.82) is 0 Å². The predicted octanol–water partition coefficient (Wildman–Crippen LogP) is 2.60. The highest BCUT2D eigenvalue weighted by molar-refractivity contribution is 5.87. The first kappa shape index (κ1) is 17.0. The van der Waals surface area contributed by atoms with Crippen LogP contribution in [0.25, 0.3) is 11.1 Å². The van der Waals surface area contributed by atoms with Crippen LogP contribution in [0.3, 0.4) is 0 Å².